The Kier molecular flexibility index (Phi) is 5.10. The fraction of sp³-hybridized carbons (Fsp3) is 0.300. The fourth-order valence-corrected chi connectivity index (χ4v) is 4.57. The Balaban J connectivity index is 1.88. The second kappa shape index (κ2) is 7.57. The number of rotatable bonds is 2. The summed E-state index contributed by atoms with van der Waals surface area (Å²) in [5, 5.41) is 3.52. The average molecular weight is 417 g/mol. The molecule has 0 atom stereocenters. The summed E-state index contributed by atoms with van der Waals surface area (Å²) >= 11 is 1.04. The van der Waals surface area contributed by atoms with Crippen LogP contribution in [0, 0.1) is 18.6 Å². The van der Waals surface area contributed by atoms with E-state index in [1.807, 2.05) is 6.07 Å². The molecule has 9 heteroatoms. The minimum Gasteiger partial charge on any atom is -0.396 e. The van der Waals surface area contributed by atoms with E-state index in [1.165, 1.54) is 12.1 Å². The number of amidine groups is 1. The molecule has 4 rings (SSSR count). The third-order valence-electron chi connectivity index (χ3n) is 5.15. The number of thiazole rings is 1. The van der Waals surface area contributed by atoms with E-state index >= 15 is 4.39 Å². The molecule has 3 aromatic rings. The summed E-state index contributed by atoms with van der Waals surface area (Å²) < 4.78 is 30.0. The largest absolute Gasteiger partial charge is 0.396 e. The number of aryl methyl sites for hydroxylation is 1. The highest BCUT2D eigenvalue weighted by Crippen LogP contribution is 2.39. The van der Waals surface area contributed by atoms with E-state index in [-0.39, 0.29) is 10.8 Å². The molecule has 152 valence electrons. The van der Waals surface area contributed by atoms with Crippen LogP contribution in [0.15, 0.2) is 23.2 Å². The standard InChI is InChI=1S/C20H22F2N6S/c1-10-9-12(19(25-2)28-7-5-26-6-8-28)16(23)15(22)14(10)11-3-4-13(21)18-17(11)27-20(24)29-18/h3-4,9,26H,5-8,23H2,1-2H3,(H2,24,27)/b25-19+. The van der Waals surface area contributed by atoms with E-state index in [2.05, 4.69) is 20.2 Å². The van der Waals surface area contributed by atoms with Gasteiger partial charge in [0.25, 0.3) is 0 Å². The smallest absolute Gasteiger partial charge is 0.181 e. The summed E-state index contributed by atoms with van der Waals surface area (Å²) in [4.78, 5) is 10.7. The number of fused-ring (bicyclic) bond motifs is 1. The first-order valence-corrected chi connectivity index (χ1v) is 10.1. The molecular weight excluding hydrogens is 394 g/mol. The third-order valence-corrected chi connectivity index (χ3v) is 6.04. The van der Waals surface area contributed by atoms with Crippen molar-refractivity contribution in [2.75, 3.05) is 44.7 Å². The van der Waals surface area contributed by atoms with Gasteiger partial charge in [0, 0.05) is 49.9 Å². The number of aliphatic imine (C=N–C) groups is 1. The molecule has 1 aliphatic heterocycles. The number of nitrogen functional groups attached to an aromatic ring is 2. The molecule has 0 bridgehead atoms. The van der Waals surface area contributed by atoms with Crippen LogP contribution in [0.3, 0.4) is 0 Å². The van der Waals surface area contributed by atoms with Crippen LogP contribution in [-0.2, 0) is 0 Å². The number of nitrogens with zero attached hydrogens (tertiary/aromatic N) is 3. The first kappa shape index (κ1) is 19.5. The van der Waals surface area contributed by atoms with Crippen molar-refractivity contribution >= 4 is 38.2 Å². The number of piperazine rings is 1. The second-order valence-corrected chi connectivity index (χ2v) is 7.98. The van der Waals surface area contributed by atoms with Crippen LogP contribution in [0.2, 0.25) is 0 Å². The van der Waals surface area contributed by atoms with Crippen LogP contribution in [-0.4, -0.2) is 48.9 Å². The van der Waals surface area contributed by atoms with Crippen molar-refractivity contribution in [3.05, 3.63) is 41.0 Å². The lowest BCUT2D eigenvalue weighted by molar-refractivity contribution is 0.357. The lowest BCUT2D eigenvalue weighted by Gasteiger charge is -2.31. The van der Waals surface area contributed by atoms with Crippen molar-refractivity contribution < 1.29 is 8.78 Å². The Morgan fingerprint density at radius 1 is 1.24 bits per heavy atom. The molecule has 2 aromatic carbocycles. The Bertz CT molecular complexity index is 1120. The number of nitrogens with two attached hydrogens (primary N) is 2. The van der Waals surface area contributed by atoms with Gasteiger partial charge in [-0.2, -0.15) is 0 Å². The molecule has 1 fully saturated rings. The molecule has 5 N–H and O–H groups in total. The molecule has 2 heterocycles. The van der Waals surface area contributed by atoms with Gasteiger partial charge in [-0.1, -0.05) is 11.3 Å². The fourth-order valence-electron chi connectivity index (χ4n) is 3.81. The van der Waals surface area contributed by atoms with E-state index in [9.17, 15) is 4.39 Å². The van der Waals surface area contributed by atoms with Gasteiger partial charge in [-0.15, -0.1) is 0 Å². The van der Waals surface area contributed by atoms with E-state index in [0.29, 0.717) is 38.3 Å². The van der Waals surface area contributed by atoms with Crippen LogP contribution < -0.4 is 16.8 Å². The number of nitrogens with one attached hydrogen (secondary N) is 1. The highest BCUT2D eigenvalue weighted by molar-refractivity contribution is 7.22. The van der Waals surface area contributed by atoms with Gasteiger partial charge in [0.1, 0.15) is 11.7 Å². The van der Waals surface area contributed by atoms with Crippen molar-refractivity contribution in [1.82, 2.24) is 15.2 Å². The monoisotopic (exact) mass is 416 g/mol. The molecule has 0 saturated carbocycles. The molecule has 1 aromatic heterocycles. The second-order valence-electron chi connectivity index (χ2n) is 6.95. The van der Waals surface area contributed by atoms with Crippen LogP contribution in [0.25, 0.3) is 21.3 Å². The Hall–Kier alpha value is -2.78. The maximum Gasteiger partial charge on any atom is 0.181 e. The van der Waals surface area contributed by atoms with Crippen molar-refractivity contribution in [3.8, 4) is 11.1 Å². The number of hydrogen-bond donors (Lipinski definition) is 3. The lowest BCUT2D eigenvalue weighted by Crippen LogP contribution is -2.47. The highest BCUT2D eigenvalue weighted by Gasteiger charge is 2.24. The van der Waals surface area contributed by atoms with Crippen molar-refractivity contribution in [3.63, 3.8) is 0 Å². The van der Waals surface area contributed by atoms with E-state index in [4.69, 9.17) is 11.5 Å². The van der Waals surface area contributed by atoms with Gasteiger partial charge in [-0.05, 0) is 30.7 Å². The third kappa shape index (κ3) is 3.30. The summed E-state index contributed by atoms with van der Waals surface area (Å²) in [7, 11) is 1.68. The summed E-state index contributed by atoms with van der Waals surface area (Å²) in [5.74, 6) is -0.324. The molecule has 0 aliphatic carbocycles. The van der Waals surface area contributed by atoms with E-state index in [0.717, 1.165) is 37.5 Å². The molecular formula is C20H22F2N6S. The zero-order chi connectivity index (χ0) is 20.7. The normalized spacial score (nSPS) is 15.3. The summed E-state index contributed by atoms with van der Waals surface area (Å²) in [6.45, 7) is 5.00. The van der Waals surface area contributed by atoms with Gasteiger partial charge in [-0.3, -0.25) is 4.99 Å². The quantitative estimate of drug-likeness (QED) is 0.339. The maximum absolute atomic E-state index is 15.5. The maximum atomic E-state index is 15.5. The lowest BCUT2D eigenvalue weighted by atomic mass is 9.94. The van der Waals surface area contributed by atoms with Crippen LogP contribution >= 0.6 is 11.3 Å². The predicted molar refractivity (Wildman–Crippen MR) is 115 cm³/mol. The van der Waals surface area contributed by atoms with Crippen molar-refractivity contribution in [2.24, 2.45) is 4.99 Å². The Morgan fingerprint density at radius 3 is 2.66 bits per heavy atom. The van der Waals surface area contributed by atoms with Gasteiger partial charge in [0.15, 0.2) is 10.9 Å². The molecule has 29 heavy (non-hydrogen) atoms. The van der Waals surface area contributed by atoms with Gasteiger partial charge < -0.3 is 21.7 Å². The summed E-state index contributed by atoms with van der Waals surface area (Å²) in [6, 6.07) is 4.66. The number of anilines is 2. The molecule has 0 unspecified atom stereocenters. The number of hydrogen-bond acceptors (Lipinski definition) is 6. The van der Waals surface area contributed by atoms with Crippen LogP contribution in [0.4, 0.5) is 19.6 Å². The van der Waals surface area contributed by atoms with Crippen molar-refractivity contribution in [1.29, 1.82) is 0 Å². The van der Waals surface area contributed by atoms with Gasteiger partial charge >= 0.3 is 0 Å². The van der Waals surface area contributed by atoms with E-state index in [1.54, 1.807) is 14.0 Å². The number of aromatic nitrogens is 1. The molecule has 0 spiro atoms. The Labute approximate surface area is 171 Å². The molecule has 0 radical (unpaired) electrons. The van der Waals surface area contributed by atoms with Crippen LogP contribution in [0.1, 0.15) is 11.1 Å². The zero-order valence-electron chi connectivity index (χ0n) is 16.2. The Morgan fingerprint density at radius 2 is 1.97 bits per heavy atom. The number of halogens is 2. The highest BCUT2D eigenvalue weighted by atomic mass is 32.1. The zero-order valence-corrected chi connectivity index (χ0v) is 17.0. The molecule has 0 amide bonds. The topological polar surface area (TPSA) is 92.6 Å². The molecule has 1 saturated heterocycles. The summed E-state index contributed by atoms with van der Waals surface area (Å²) in [5.41, 5.74) is 14.4. The van der Waals surface area contributed by atoms with Gasteiger partial charge in [0.2, 0.25) is 0 Å². The predicted octanol–water partition coefficient (Wildman–Crippen LogP) is 3.00. The minimum absolute atomic E-state index is 0.0189. The first-order valence-electron chi connectivity index (χ1n) is 9.28. The van der Waals surface area contributed by atoms with E-state index < -0.39 is 11.6 Å². The van der Waals surface area contributed by atoms with Crippen LogP contribution in [0.5, 0.6) is 0 Å². The SMILES string of the molecule is C/N=C(\c1cc(C)c(-c2ccc(F)c3sc(N)nc23)c(F)c1N)N1CCNCC1. The molecule has 1 aliphatic rings. The van der Waals surface area contributed by atoms with Gasteiger partial charge in [0.05, 0.1) is 15.9 Å². The summed E-state index contributed by atoms with van der Waals surface area (Å²) in [6.07, 6.45) is 0. The average Bonchev–Trinajstić information content (AvgIpc) is 3.11. The number of benzene rings is 2. The molecule has 6 nitrogen and oxygen atoms in total. The van der Waals surface area contributed by atoms with Gasteiger partial charge in [-0.25, -0.2) is 13.8 Å². The first-order chi connectivity index (χ1) is 13.9. The minimum atomic E-state index is -0.559. The van der Waals surface area contributed by atoms with Crippen molar-refractivity contribution in [2.45, 2.75) is 6.92 Å².